The van der Waals surface area contributed by atoms with E-state index in [2.05, 4.69) is 0 Å². The van der Waals surface area contributed by atoms with Crippen LogP contribution in [0.4, 0.5) is 4.79 Å². The number of phenolic OH excluding ortho intramolecular Hbond substituents is 2. The van der Waals surface area contributed by atoms with E-state index in [1.54, 1.807) is 36.5 Å². The lowest BCUT2D eigenvalue weighted by atomic mass is 9.92. The SMILES string of the molecule is COC(=O)N1/C=C\c2ccc(OC)c(O)c2-c2c(O)cccc2CC1. The molecule has 0 unspecified atom stereocenters. The number of benzene rings is 2. The maximum atomic E-state index is 11.9. The van der Waals surface area contributed by atoms with E-state index >= 15 is 0 Å². The van der Waals surface area contributed by atoms with Crippen molar-refractivity contribution in [2.24, 2.45) is 0 Å². The number of methoxy groups -OCH3 is 2. The summed E-state index contributed by atoms with van der Waals surface area (Å²) in [5.41, 5.74) is 2.46. The fourth-order valence-electron chi connectivity index (χ4n) is 2.99. The van der Waals surface area contributed by atoms with Crippen LogP contribution in [0.15, 0.2) is 36.5 Å². The second kappa shape index (κ2) is 6.76. The van der Waals surface area contributed by atoms with Gasteiger partial charge in [-0.2, -0.15) is 0 Å². The van der Waals surface area contributed by atoms with E-state index in [1.165, 1.54) is 19.1 Å². The average molecular weight is 341 g/mol. The van der Waals surface area contributed by atoms with Gasteiger partial charge in [0.05, 0.1) is 14.2 Å². The van der Waals surface area contributed by atoms with Crippen molar-refractivity contribution >= 4 is 12.2 Å². The Balaban J connectivity index is 2.28. The van der Waals surface area contributed by atoms with Gasteiger partial charge in [0.15, 0.2) is 11.5 Å². The van der Waals surface area contributed by atoms with Gasteiger partial charge in [0.2, 0.25) is 0 Å². The largest absolute Gasteiger partial charge is 0.507 e. The molecule has 6 heteroatoms. The Labute approximate surface area is 145 Å². The summed E-state index contributed by atoms with van der Waals surface area (Å²) in [5, 5.41) is 21.1. The third-order valence-corrected chi connectivity index (χ3v) is 4.24. The Morgan fingerprint density at radius 1 is 1.12 bits per heavy atom. The first-order valence-electron chi connectivity index (χ1n) is 7.80. The highest BCUT2D eigenvalue weighted by Crippen LogP contribution is 2.45. The Morgan fingerprint density at radius 2 is 1.92 bits per heavy atom. The van der Waals surface area contributed by atoms with Crippen molar-refractivity contribution in [2.75, 3.05) is 20.8 Å². The van der Waals surface area contributed by atoms with Crippen LogP contribution in [0.5, 0.6) is 17.2 Å². The number of hydrogen-bond acceptors (Lipinski definition) is 5. The number of hydrogen-bond donors (Lipinski definition) is 2. The molecule has 0 aliphatic carbocycles. The van der Waals surface area contributed by atoms with Crippen molar-refractivity contribution in [3.63, 3.8) is 0 Å². The molecule has 0 fully saturated rings. The molecule has 0 aromatic heterocycles. The van der Waals surface area contributed by atoms with E-state index in [1.807, 2.05) is 6.07 Å². The minimum atomic E-state index is -0.473. The van der Waals surface area contributed by atoms with Crippen LogP contribution in [-0.4, -0.2) is 42.0 Å². The summed E-state index contributed by atoms with van der Waals surface area (Å²) in [5.74, 6) is 0.312. The number of amides is 1. The van der Waals surface area contributed by atoms with E-state index in [-0.39, 0.29) is 11.5 Å². The van der Waals surface area contributed by atoms with E-state index in [0.29, 0.717) is 35.4 Å². The smallest absolute Gasteiger partial charge is 0.413 e. The number of aromatic hydroxyl groups is 2. The van der Waals surface area contributed by atoms with Gasteiger partial charge in [-0.15, -0.1) is 0 Å². The summed E-state index contributed by atoms with van der Waals surface area (Å²) in [6.45, 7) is 0.380. The van der Waals surface area contributed by atoms with Gasteiger partial charge in [0, 0.05) is 23.9 Å². The van der Waals surface area contributed by atoms with Crippen LogP contribution in [-0.2, 0) is 11.2 Å². The zero-order valence-corrected chi connectivity index (χ0v) is 14.0. The second-order valence-corrected chi connectivity index (χ2v) is 5.62. The van der Waals surface area contributed by atoms with E-state index in [9.17, 15) is 15.0 Å². The van der Waals surface area contributed by atoms with Gasteiger partial charge in [-0.3, -0.25) is 4.90 Å². The molecular weight excluding hydrogens is 322 g/mol. The first kappa shape index (κ1) is 16.7. The predicted octanol–water partition coefficient (Wildman–Crippen LogP) is 3.37. The fraction of sp³-hybridized carbons (Fsp3) is 0.211. The lowest BCUT2D eigenvalue weighted by Gasteiger charge is -2.17. The molecule has 1 heterocycles. The molecule has 0 spiro atoms. The van der Waals surface area contributed by atoms with Crippen LogP contribution in [0, 0.1) is 0 Å². The molecular formula is C19H19NO5. The Kier molecular flexibility index (Phi) is 4.52. The minimum Gasteiger partial charge on any atom is -0.507 e. The van der Waals surface area contributed by atoms with Gasteiger partial charge in [-0.25, -0.2) is 4.79 Å². The lowest BCUT2D eigenvalue weighted by Crippen LogP contribution is -2.27. The third-order valence-electron chi connectivity index (χ3n) is 4.24. The van der Waals surface area contributed by atoms with E-state index in [4.69, 9.17) is 9.47 Å². The molecule has 0 saturated heterocycles. The van der Waals surface area contributed by atoms with Gasteiger partial charge < -0.3 is 19.7 Å². The molecule has 0 bridgehead atoms. The highest BCUT2D eigenvalue weighted by atomic mass is 16.5. The molecule has 2 aromatic carbocycles. The van der Waals surface area contributed by atoms with Gasteiger partial charge in [-0.1, -0.05) is 18.2 Å². The van der Waals surface area contributed by atoms with Gasteiger partial charge in [-0.05, 0) is 35.8 Å². The molecule has 1 amide bonds. The Morgan fingerprint density at radius 3 is 2.64 bits per heavy atom. The summed E-state index contributed by atoms with van der Waals surface area (Å²) in [7, 11) is 2.80. The fourth-order valence-corrected chi connectivity index (χ4v) is 2.99. The van der Waals surface area contributed by atoms with Gasteiger partial charge in [0.25, 0.3) is 0 Å². The van der Waals surface area contributed by atoms with E-state index < -0.39 is 6.09 Å². The van der Waals surface area contributed by atoms with Crippen LogP contribution in [0.3, 0.4) is 0 Å². The first-order valence-corrected chi connectivity index (χ1v) is 7.80. The molecule has 6 nitrogen and oxygen atoms in total. The number of carbonyl (C=O) groups excluding carboxylic acids is 1. The minimum absolute atomic E-state index is 0.0566. The summed E-state index contributed by atoms with van der Waals surface area (Å²) in [4.78, 5) is 13.4. The standard InChI is InChI=1S/C19H19NO5/c1-24-15-7-6-13-9-11-20(19(23)25-2)10-8-12-4-3-5-14(21)16(12)17(13)18(15)22/h3-7,9,11,21-22H,8,10H2,1-2H3/b11-9-. The number of fused-ring (bicyclic) bond motifs is 3. The van der Waals surface area contributed by atoms with Gasteiger partial charge >= 0.3 is 6.09 Å². The maximum Gasteiger partial charge on any atom is 0.413 e. The van der Waals surface area contributed by atoms with Crippen LogP contribution >= 0.6 is 0 Å². The van der Waals surface area contributed by atoms with E-state index in [0.717, 1.165) is 5.56 Å². The van der Waals surface area contributed by atoms with Crippen LogP contribution in [0.25, 0.3) is 17.2 Å². The Hall–Kier alpha value is -3.15. The number of rotatable bonds is 1. The summed E-state index contributed by atoms with van der Waals surface area (Å²) < 4.78 is 10.0. The van der Waals surface area contributed by atoms with Gasteiger partial charge in [0.1, 0.15) is 5.75 Å². The average Bonchev–Trinajstić information content (AvgIpc) is 2.70. The van der Waals surface area contributed by atoms with Crippen LogP contribution in [0.1, 0.15) is 11.1 Å². The predicted molar refractivity (Wildman–Crippen MR) is 93.6 cm³/mol. The third kappa shape index (κ3) is 2.98. The van der Waals surface area contributed by atoms with Crippen molar-refractivity contribution < 1.29 is 24.5 Å². The number of carbonyl (C=O) groups is 1. The Bertz CT molecular complexity index is 844. The number of phenols is 2. The summed E-state index contributed by atoms with van der Waals surface area (Å²) in [6.07, 6.45) is 3.32. The van der Waals surface area contributed by atoms with Crippen molar-refractivity contribution in [2.45, 2.75) is 6.42 Å². The summed E-state index contributed by atoms with van der Waals surface area (Å²) >= 11 is 0. The molecule has 0 radical (unpaired) electrons. The molecule has 0 atom stereocenters. The molecule has 2 aromatic rings. The molecule has 0 saturated carbocycles. The topological polar surface area (TPSA) is 79.2 Å². The van der Waals surface area contributed by atoms with Crippen molar-refractivity contribution in [3.8, 4) is 28.4 Å². The molecule has 1 aliphatic rings. The monoisotopic (exact) mass is 341 g/mol. The van der Waals surface area contributed by atoms with Crippen molar-refractivity contribution in [3.05, 3.63) is 47.7 Å². The normalized spacial score (nSPS) is 14.4. The first-order chi connectivity index (χ1) is 12.1. The second-order valence-electron chi connectivity index (χ2n) is 5.62. The zero-order valence-electron chi connectivity index (χ0n) is 14.0. The quantitative estimate of drug-likeness (QED) is 0.831. The van der Waals surface area contributed by atoms with Crippen LogP contribution in [0.2, 0.25) is 0 Å². The van der Waals surface area contributed by atoms with Crippen molar-refractivity contribution in [1.29, 1.82) is 0 Å². The maximum absolute atomic E-state index is 11.9. The number of nitrogens with zero attached hydrogens (tertiary/aromatic N) is 1. The molecule has 2 N–H and O–H groups in total. The molecule has 130 valence electrons. The zero-order chi connectivity index (χ0) is 18.0. The molecule has 25 heavy (non-hydrogen) atoms. The summed E-state index contributed by atoms with van der Waals surface area (Å²) in [6, 6.07) is 8.57. The van der Waals surface area contributed by atoms with Crippen molar-refractivity contribution in [1.82, 2.24) is 4.90 Å². The molecule has 3 rings (SSSR count). The highest BCUT2D eigenvalue weighted by molar-refractivity contribution is 5.88. The lowest BCUT2D eigenvalue weighted by molar-refractivity contribution is 0.140. The molecule has 1 aliphatic heterocycles. The number of ether oxygens (including phenoxy) is 2. The highest BCUT2D eigenvalue weighted by Gasteiger charge is 2.22. The van der Waals surface area contributed by atoms with Crippen LogP contribution < -0.4 is 4.74 Å².